The fourth-order valence-corrected chi connectivity index (χ4v) is 5.51. The quantitative estimate of drug-likeness (QED) is 0.462. The number of benzene rings is 2. The highest BCUT2D eigenvalue weighted by Gasteiger charge is 2.28. The third-order valence-corrected chi connectivity index (χ3v) is 7.83. The minimum atomic E-state index is -3.57. The number of sulfonamides is 1. The summed E-state index contributed by atoms with van der Waals surface area (Å²) in [6.45, 7) is 3.58. The number of anilines is 1. The van der Waals surface area contributed by atoms with E-state index in [2.05, 4.69) is 0 Å². The number of hydrogen-bond acceptors (Lipinski definition) is 6. The lowest BCUT2D eigenvalue weighted by molar-refractivity contribution is -0.149. The van der Waals surface area contributed by atoms with E-state index in [1.54, 1.807) is 24.0 Å². The predicted molar refractivity (Wildman–Crippen MR) is 128 cm³/mol. The van der Waals surface area contributed by atoms with Crippen LogP contribution in [0.5, 0.6) is 0 Å². The van der Waals surface area contributed by atoms with Crippen molar-refractivity contribution in [2.45, 2.75) is 30.8 Å². The Morgan fingerprint density at radius 1 is 1.03 bits per heavy atom. The summed E-state index contributed by atoms with van der Waals surface area (Å²) in [5, 5.41) is 0. The smallest absolute Gasteiger partial charge is 0.331 e. The summed E-state index contributed by atoms with van der Waals surface area (Å²) in [5.41, 5.74) is 2.62. The molecule has 1 amide bonds. The van der Waals surface area contributed by atoms with E-state index in [1.807, 2.05) is 24.3 Å². The molecule has 2 heterocycles. The molecule has 2 aromatic carbocycles. The Balaban J connectivity index is 1.35. The van der Waals surface area contributed by atoms with Crippen molar-refractivity contribution in [2.24, 2.45) is 0 Å². The first-order valence-electron chi connectivity index (χ1n) is 11.3. The van der Waals surface area contributed by atoms with Crippen LogP contribution >= 0.6 is 0 Å². The van der Waals surface area contributed by atoms with Gasteiger partial charge in [0.1, 0.15) is 0 Å². The number of morpholine rings is 1. The van der Waals surface area contributed by atoms with Crippen molar-refractivity contribution in [3.05, 3.63) is 65.7 Å². The van der Waals surface area contributed by atoms with Gasteiger partial charge in [-0.2, -0.15) is 4.31 Å². The van der Waals surface area contributed by atoms with Gasteiger partial charge in [-0.05, 0) is 55.2 Å². The maximum Gasteiger partial charge on any atom is 0.331 e. The standard InChI is InChI=1S/C25H28N2O6S/c1-19(25(29)27-14-4-6-21-5-2-3-7-23(21)27)33-24(28)13-10-20-8-11-22(12-9-20)34(30,31)26-15-17-32-18-16-26/h2-3,5,7-13,19H,4,6,14-18H2,1H3/b13-10+. The summed E-state index contributed by atoms with van der Waals surface area (Å²) in [4.78, 5) is 27.1. The van der Waals surface area contributed by atoms with E-state index in [1.165, 1.54) is 28.6 Å². The molecule has 2 aliphatic rings. The lowest BCUT2D eigenvalue weighted by atomic mass is 10.0. The van der Waals surface area contributed by atoms with Crippen molar-refractivity contribution >= 4 is 33.7 Å². The summed E-state index contributed by atoms with van der Waals surface area (Å²) in [7, 11) is -3.57. The van der Waals surface area contributed by atoms with Crippen LogP contribution in [0.4, 0.5) is 5.69 Å². The van der Waals surface area contributed by atoms with Crippen LogP contribution in [0.25, 0.3) is 6.08 Å². The molecule has 1 unspecified atom stereocenters. The predicted octanol–water partition coefficient (Wildman–Crippen LogP) is 2.63. The molecule has 1 atom stereocenters. The Labute approximate surface area is 199 Å². The van der Waals surface area contributed by atoms with Crippen LogP contribution in [0.1, 0.15) is 24.5 Å². The SMILES string of the molecule is CC(OC(=O)/C=C/c1ccc(S(=O)(=O)N2CCOCC2)cc1)C(=O)N1CCCc2ccccc21. The van der Waals surface area contributed by atoms with E-state index >= 15 is 0 Å². The number of aryl methyl sites for hydroxylation is 1. The highest BCUT2D eigenvalue weighted by molar-refractivity contribution is 7.89. The molecule has 0 saturated carbocycles. The summed E-state index contributed by atoms with van der Waals surface area (Å²) in [6, 6.07) is 14.0. The summed E-state index contributed by atoms with van der Waals surface area (Å²) in [6.07, 6.45) is 3.62. The normalized spacial score (nSPS) is 17.9. The van der Waals surface area contributed by atoms with Crippen LogP contribution in [0.2, 0.25) is 0 Å². The zero-order valence-electron chi connectivity index (χ0n) is 19.1. The van der Waals surface area contributed by atoms with Gasteiger partial charge in [0.2, 0.25) is 10.0 Å². The molecule has 1 fully saturated rings. The molecule has 2 aliphatic heterocycles. The van der Waals surface area contributed by atoms with E-state index in [4.69, 9.17) is 9.47 Å². The second-order valence-electron chi connectivity index (χ2n) is 8.22. The van der Waals surface area contributed by atoms with Gasteiger partial charge in [-0.3, -0.25) is 4.79 Å². The average Bonchev–Trinajstić information content (AvgIpc) is 2.87. The number of esters is 1. The van der Waals surface area contributed by atoms with Crippen molar-refractivity contribution < 1.29 is 27.5 Å². The zero-order valence-corrected chi connectivity index (χ0v) is 19.9. The Morgan fingerprint density at radius 2 is 1.74 bits per heavy atom. The van der Waals surface area contributed by atoms with Crippen molar-refractivity contribution in [3.8, 4) is 0 Å². The molecule has 0 radical (unpaired) electrons. The Kier molecular flexibility index (Phi) is 7.45. The second-order valence-corrected chi connectivity index (χ2v) is 10.2. The van der Waals surface area contributed by atoms with Crippen LogP contribution in [0, 0.1) is 0 Å². The topological polar surface area (TPSA) is 93.2 Å². The molecule has 0 aromatic heterocycles. The summed E-state index contributed by atoms with van der Waals surface area (Å²) in [5.74, 6) is -0.900. The molecule has 180 valence electrons. The van der Waals surface area contributed by atoms with Gasteiger partial charge in [0, 0.05) is 31.4 Å². The van der Waals surface area contributed by atoms with Crippen molar-refractivity contribution in [2.75, 3.05) is 37.7 Å². The van der Waals surface area contributed by atoms with Crippen LogP contribution in [0.3, 0.4) is 0 Å². The van der Waals surface area contributed by atoms with E-state index in [-0.39, 0.29) is 10.8 Å². The van der Waals surface area contributed by atoms with E-state index < -0.39 is 22.1 Å². The third-order valence-electron chi connectivity index (χ3n) is 5.92. The fourth-order valence-electron chi connectivity index (χ4n) is 4.10. The maximum atomic E-state index is 12.9. The van der Waals surface area contributed by atoms with Gasteiger partial charge in [-0.15, -0.1) is 0 Å². The molecule has 0 aliphatic carbocycles. The molecule has 0 spiro atoms. The molecule has 9 heteroatoms. The zero-order chi connectivity index (χ0) is 24.1. The van der Waals surface area contributed by atoms with E-state index in [9.17, 15) is 18.0 Å². The highest BCUT2D eigenvalue weighted by atomic mass is 32.2. The van der Waals surface area contributed by atoms with Gasteiger partial charge in [0.05, 0.1) is 18.1 Å². The second kappa shape index (κ2) is 10.5. The maximum absolute atomic E-state index is 12.9. The average molecular weight is 485 g/mol. The number of carbonyl (C=O) groups is 2. The number of amides is 1. The van der Waals surface area contributed by atoms with Gasteiger partial charge >= 0.3 is 5.97 Å². The minimum Gasteiger partial charge on any atom is -0.449 e. The third kappa shape index (κ3) is 5.38. The summed E-state index contributed by atoms with van der Waals surface area (Å²) < 4.78 is 37.3. The number of ether oxygens (including phenoxy) is 2. The lowest BCUT2D eigenvalue weighted by Gasteiger charge is -2.31. The number of fused-ring (bicyclic) bond motifs is 1. The van der Waals surface area contributed by atoms with Crippen molar-refractivity contribution in [3.63, 3.8) is 0 Å². The summed E-state index contributed by atoms with van der Waals surface area (Å²) >= 11 is 0. The first-order chi connectivity index (χ1) is 16.4. The van der Waals surface area contributed by atoms with Gasteiger partial charge in [-0.25, -0.2) is 13.2 Å². The molecule has 34 heavy (non-hydrogen) atoms. The van der Waals surface area contributed by atoms with E-state index in [0.717, 1.165) is 24.1 Å². The monoisotopic (exact) mass is 484 g/mol. The first kappa shape index (κ1) is 24.1. The highest BCUT2D eigenvalue weighted by Crippen LogP contribution is 2.27. The van der Waals surface area contributed by atoms with Crippen LogP contribution in [-0.2, 0) is 35.5 Å². The molecule has 1 saturated heterocycles. The molecule has 2 aromatic rings. The Hall–Kier alpha value is -3.01. The minimum absolute atomic E-state index is 0.190. The molecular weight excluding hydrogens is 456 g/mol. The molecule has 4 rings (SSSR count). The first-order valence-corrected chi connectivity index (χ1v) is 12.8. The van der Waals surface area contributed by atoms with Crippen molar-refractivity contribution in [1.29, 1.82) is 0 Å². The lowest BCUT2D eigenvalue weighted by Crippen LogP contribution is -2.42. The largest absolute Gasteiger partial charge is 0.449 e. The van der Waals surface area contributed by atoms with Gasteiger partial charge in [0.15, 0.2) is 6.10 Å². The number of rotatable bonds is 6. The van der Waals surface area contributed by atoms with Crippen LogP contribution in [0.15, 0.2) is 59.5 Å². The molecular formula is C25H28N2O6S. The van der Waals surface area contributed by atoms with Crippen LogP contribution < -0.4 is 4.90 Å². The van der Waals surface area contributed by atoms with Gasteiger partial charge in [0.25, 0.3) is 5.91 Å². The number of hydrogen-bond donors (Lipinski definition) is 0. The van der Waals surface area contributed by atoms with Gasteiger partial charge in [-0.1, -0.05) is 30.3 Å². The number of nitrogens with zero attached hydrogens (tertiary/aromatic N) is 2. The molecule has 8 nitrogen and oxygen atoms in total. The number of carbonyl (C=O) groups excluding carboxylic acids is 2. The van der Waals surface area contributed by atoms with Crippen molar-refractivity contribution in [1.82, 2.24) is 4.31 Å². The fraction of sp³-hybridized carbons (Fsp3) is 0.360. The van der Waals surface area contributed by atoms with E-state index in [0.29, 0.717) is 38.4 Å². The Morgan fingerprint density at radius 3 is 2.47 bits per heavy atom. The number of para-hydroxylation sites is 1. The van der Waals surface area contributed by atoms with Crippen LogP contribution in [-0.4, -0.2) is 63.6 Å². The Bertz CT molecular complexity index is 1170. The molecule has 0 N–H and O–H groups in total. The van der Waals surface area contributed by atoms with Gasteiger partial charge < -0.3 is 14.4 Å². The molecule has 0 bridgehead atoms.